The highest BCUT2D eigenvalue weighted by molar-refractivity contribution is 5.88. The highest BCUT2D eigenvalue weighted by Gasteiger charge is 2.49. The third-order valence-electron chi connectivity index (χ3n) is 4.23. The zero-order valence-corrected chi connectivity index (χ0v) is 12.0. The van der Waals surface area contributed by atoms with Crippen molar-refractivity contribution in [3.63, 3.8) is 0 Å². The molecule has 4 nitrogen and oxygen atoms in total. The fraction of sp³-hybridized carbons (Fsp3) is 0.929. The number of nitrogens with zero attached hydrogens (tertiary/aromatic N) is 1. The number of hydrogen-bond donors (Lipinski definition) is 1. The molecule has 2 aliphatic heterocycles. The first kappa shape index (κ1) is 13.8. The number of nitrogens with one attached hydrogen (secondary N) is 1. The van der Waals surface area contributed by atoms with Crippen molar-refractivity contribution in [2.75, 3.05) is 13.2 Å². The summed E-state index contributed by atoms with van der Waals surface area (Å²) in [5, 5.41) is 3.55. The Kier molecular flexibility index (Phi) is 3.97. The highest BCUT2D eigenvalue weighted by atomic mass is 16.5. The quantitative estimate of drug-likeness (QED) is 0.831. The Morgan fingerprint density at radius 3 is 2.78 bits per heavy atom. The summed E-state index contributed by atoms with van der Waals surface area (Å²) in [7, 11) is 0. The Balaban J connectivity index is 2.18. The maximum atomic E-state index is 12.6. The van der Waals surface area contributed by atoms with Crippen molar-refractivity contribution >= 4 is 5.91 Å². The number of ether oxygens (including phenoxy) is 1. The van der Waals surface area contributed by atoms with E-state index in [0.29, 0.717) is 12.5 Å². The van der Waals surface area contributed by atoms with Crippen LogP contribution in [0.25, 0.3) is 0 Å². The van der Waals surface area contributed by atoms with Gasteiger partial charge in [-0.25, -0.2) is 0 Å². The van der Waals surface area contributed by atoms with Crippen molar-refractivity contribution in [2.45, 2.75) is 64.7 Å². The number of hydrogen-bond acceptors (Lipinski definition) is 3. The lowest BCUT2D eigenvalue weighted by Crippen LogP contribution is -2.45. The second kappa shape index (κ2) is 5.17. The third-order valence-corrected chi connectivity index (χ3v) is 4.23. The van der Waals surface area contributed by atoms with Crippen LogP contribution in [0.4, 0.5) is 0 Å². The smallest absolute Gasteiger partial charge is 0.244 e. The van der Waals surface area contributed by atoms with Gasteiger partial charge in [0, 0.05) is 6.61 Å². The van der Waals surface area contributed by atoms with Gasteiger partial charge >= 0.3 is 0 Å². The van der Waals surface area contributed by atoms with Crippen molar-refractivity contribution in [2.24, 2.45) is 5.92 Å². The summed E-state index contributed by atoms with van der Waals surface area (Å²) in [4.78, 5) is 14.7. The zero-order chi connectivity index (χ0) is 13.3. The summed E-state index contributed by atoms with van der Waals surface area (Å²) in [6.07, 6.45) is 3.00. The van der Waals surface area contributed by atoms with Crippen LogP contribution in [0, 0.1) is 5.92 Å². The van der Waals surface area contributed by atoms with E-state index in [2.05, 4.69) is 31.0 Å². The standard InChI is InChI=1S/C14H26N2O2/c1-5-14(4)13(17)16(11-6-7-18-9-11)12(15-14)8-10(2)3/h10-12,15H,5-9H2,1-4H3. The van der Waals surface area contributed by atoms with Crippen LogP contribution < -0.4 is 5.32 Å². The molecule has 2 heterocycles. The Labute approximate surface area is 110 Å². The molecular weight excluding hydrogens is 228 g/mol. The average Bonchev–Trinajstić information content (AvgIpc) is 2.87. The van der Waals surface area contributed by atoms with Crippen molar-refractivity contribution in [3.8, 4) is 0 Å². The van der Waals surface area contributed by atoms with E-state index in [4.69, 9.17) is 4.74 Å². The molecule has 1 N–H and O–H groups in total. The lowest BCUT2D eigenvalue weighted by Gasteiger charge is -2.30. The predicted octanol–water partition coefficient (Wildman–Crippen LogP) is 1.75. The van der Waals surface area contributed by atoms with Gasteiger partial charge in [-0.05, 0) is 32.1 Å². The molecule has 3 atom stereocenters. The topological polar surface area (TPSA) is 41.6 Å². The molecule has 0 spiro atoms. The minimum Gasteiger partial charge on any atom is -0.379 e. The SMILES string of the molecule is CCC1(C)NC(CC(C)C)N(C2CCOC2)C1=O. The van der Waals surface area contributed by atoms with Gasteiger partial charge in [-0.15, -0.1) is 0 Å². The molecule has 0 radical (unpaired) electrons. The fourth-order valence-corrected chi connectivity index (χ4v) is 2.96. The molecule has 2 aliphatic rings. The molecule has 0 aromatic heterocycles. The number of carbonyl (C=O) groups is 1. The number of rotatable bonds is 4. The fourth-order valence-electron chi connectivity index (χ4n) is 2.96. The molecule has 4 heteroatoms. The highest BCUT2D eigenvalue weighted by Crippen LogP contribution is 2.30. The van der Waals surface area contributed by atoms with Crippen LogP contribution in [0.5, 0.6) is 0 Å². The summed E-state index contributed by atoms with van der Waals surface area (Å²) >= 11 is 0. The monoisotopic (exact) mass is 254 g/mol. The molecule has 0 aliphatic carbocycles. The van der Waals surface area contributed by atoms with E-state index in [1.807, 2.05) is 6.92 Å². The Hall–Kier alpha value is -0.610. The van der Waals surface area contributed by atoms with E-state index in [1.54, 1.807) is 0 Å². The molecule has 0 aromatic carbocycles. The first-order valence-corrected chi connectivity index (χ1v) is 7.16. The first-order valence-electron chi connectivity index (χ1n) is 7.16. The van der Waals surface area contributed by atoms with Gasteiger partial charge in [-0.3, -0.25) is 10.1 Å². The van der Waals surface area contributed by atoms with E-state index >= 15 is 0 Å². The molecule has 0 aromatic rings. The van der Waals surface area contributed by atoms with Crippen LogP contribution >= 0.6 is 0 Å². The van der Waals surface area contributed by atoms with E-state index in [0.717, 1.165) is 25.9 Å². The van der Waals surface area contributed by atoms with Gasteiger partial charge in [-0.2, -0.15) is 0 Å². The van der Waals surface area contributed by atoms with Crippen molar-refractivity contribution in [1.82, 2.24) is 10.2 Å². The second-order valence-corrected chi connectivity index (χ2v) is 6.21. The first-order chi connectivity index (χ1) is 8.48. The van der Waals surface area contributed by atoms with Crippen LogP contribution in [0.3, 0.4) is 0 Å². The molecule has 0 bridgehead atoms. The molecule has 2 rings (SSSR count). The minimum atomic E-state index is -0.387. The van der Waals surface area contributed by atoms with Crippen molar-refractivity contribution in [3.05, 3.63) is 0 Å². The predicted molar refractivity (Wildman–Crippen MR) is 71.1 cm³/mol. The Morgan fingerprint density at radius 1 is 1.56 bits per heavy atom. The third kappa shape index (κ3) is 2.41. The average molecular weight is 254 g/mol. The largest absolute Gasteiger partial charge is 0.379 e. The van der Waals surface area contributed by atoms with Crippen LogP contribution in [0.2, 0.25) is 0 Å². The summed E-state index contributed by atoms with van der Waals surface area (Å²) in [5.41, 5.74) is -0.387. The normalized spacial score (nSPS) is 36.9. The summed E-state index contributed by atoms with van der Waals surface area (Å²) in [5.74, 6) is 0.838. The molecule has 104 valence electrons. The lowest BCUT2D eigenvalue weighted by molar-refractivity contribution is -0.135. The molecular formula is C14H26N2O2. The van der Waals surface area contributed by atoms with Gasteiger partial charge in [0.1, 0.15) is 0 Å². The summed E-state index contributed by atoms with van der Waals surface area (Å²) < 4.78 is 5.45. The van der Waals surface area contributed by atoms with Gasteiger partial charge in [-0.1, -0.05) is 20.8 Å². The minimum absolute atomic E-state index is 0.175. The lowest BCUT2D eigenvalue weighted by atomic mass is 9.99. The van der Waals surface area contributed by atoms with Gasteiger partial charge < -0.3 is 9.64 Å². The van der Waals surface area contributed by atoms with Crippen LogP contribution in [-0.4, -0.2) is 41.8 Å². The molecule has 3 unspecified atom stereocenters. The molecule has 2 fully saturated rings. The molecule has 0 saturated carbocycles. The zero-order valence-electron chi connectivity index (χ0n) is 12.0. The Bertz CT molecular complexity index is 313. The van der Waals surface area contributed by atoms with E-state index in [9.17, 15) is 4.79 Å². The Morgan fingerprint density at radius 2 is 2.28 bits per heavy atom. The summed E-state index contributed by atoms with van der Waals surface area (Å²) in [6, 6.07) is 0.266. The van der Waals surface area contributed by atoms with Crippen molar-refractivity contribution < 1.29 is 9.53 Å². The summed E-state index contributed by atoms with van der Waals surface area (Å²) in [6.45, 7) is 9.99. The van der Waals surface area contributed by atoms with Crippen LogP contribution in [0.15, 0.2) is 0 Å². The van der Waals surface area contributed by atoms with Gasteiger partial charge in [0.2, 0.25) is 5.91 Å². The van der Waals surface area contributed by atoms with Crippen LogP contribution in [0.1, 0.15) is 47.0 Å². The molecule has 1 amide bonds. The maximum Gasteiger partial charge on any atom is 0.244 e. The van der Waals surface area contributed by atoms with E-state index in [-0.39, 0.29) is 23.7 Å². The van der Waals surface area contributed by atoms with E-state index in [1.165, 1.54) is 0 Å². The number of amides is 1. The van der Waals surface area contributed by atoms with Crippen LogP contribution in [-0.2, 0) is 9.53 Å². The second-order valence-electron chi connectivity index (χ2n) is 6.21. The number of carbonyl (C=O) groups excluding carboxylic acids is 1. The molecule has 2 saturated heterocycles. The van der Waals surface area contributed by atoms with Crippen molar-refractivity contribution in [1.29, 1.82) is 0 Å². The van der Waals surface area contributed by atoms with E-state index < -0.39 is 0 Å². The maximum absolute atomic E-state index is 12.6. The molecule has 18 heavy (non-hydrogen) atoms. The van der Waals surface area contributed by atoms with Gasteiger partial charge in [0.05, 0.1) is 24.4 Å². The van der Waals surface area contributed by atoms with Gasteiger partial charge in [0.25, 0.3) is 0 Å². The van der Waals surface area contributed by atoms with Gasteiger partial charge in [0.15, 0.2) is 0 Å².